The van der Waals surface area contributed by atoms with Crippen LogP contribution in [0.3, 0.4) is 0 Å². The topological polar surface area (TPSA) is 34.1 Å². The number of hydrogen-bond acceptors (Lipinski definition) is 4. The van der Waals surface area contributed by atoms with Gasteiger partial charge in [-0.1, -0.05) is 12.1 Å². The summed E-state index contributed by atoms with van der Waals surface area (Å²) in [6.45, 7) is 0.655. The highest BCUT2D eigenvalue weighted by atomic mass is 32.1. The van der Waals surface area contributed by atoms with Crippen molar-refractivity contribution in [2.45, 2.75) is 18.6 Å². The van der Waals surface area contributed by atoms with E-state index in [-0.39, 0.29) is 6.04 Å². The summed E-state index contributed by atoms with van der Waals surface area (Å²) in [6.07, 6.45) is -2.28. The molecule has 1 aromatic carbocycles. The van der Waals surface area contributed by atoms with Crippen LogP contribution in [-0.4, -0.2) is 18.6 Å². The van der Waals surface area contributed by atoms with Gasteiger partial charge in [-0.05, 0) is 24.2 Å². The highest BCUT2D eigenvalue weighted by Crippen LogP contribution is 2.37. The van der Waals surface area contributed by atoms with Crippen LogP contribution in [0.15, 0.2) is 24.4 Å². The molecule has 1 atom stereocenters. The van der Waals surface area contributed by atoms with Crippen LogP contribution in [0.5, 0.6) is 5.75 Å². The Morgan fingerprint density at radius 1 is 1.38 bits per heavy atom. The number of nitrogens with one attached hydrogen (secondary N) is 1. The van der Waals surface area contributed by atoms with Gasteiger partial charge >= 0.3 is 6.18 Å². The summed E-state index contributed by atoms with van der Waals surface area (Å²) >= 11 is 0.671. The molecule has 21 heavy (non-hydrogen) atoms. The zero-order valence-corrected chi connectivity index (χ0v) is 12.0. The van der Waals surface area contributed by atoms with E-state index in [0.29, 0.717) is 22.8 Å². The molecule has 1 aliphatic heterocycles. The van der Waals surface area contributed by atoms with Crippen molar-refractivity contribution in [3.8, 4) is 5.75 Å². The van der Waals surface area contributed by atoms with Crippen LogP contribution in [0.1, 0.15) is 27.1 Å². The molecule has 2 heterocycles. The molecule has 0 bridgehead atoms. The first kappa shape index (κ1) is 14.3. The molecule has 1 aliphatic rings. The molecule has 3 rings (SSSR count). The molecule has 0 fully saturated rings. The fourth-order valence-corrected chi connectivity index (χ4v) is 3.33. The lowest BCUT2D eigenvalue weighted by molar-refractivity contribution is -0.137. The average molecular weight is 314 g/mol. The Hall–Kier alpha value is -1.60. The van der Waals surface area contributed by atoms with Crippen molar-refractivity contribution in [1.82, 2.24) is 10.3 Å². The van der Waals surface area contributed by atoms with Crippen LogP contribution in [0.4, 0.5) is 13.2 Å². The molecule has 2 aromatic rings. The molecular weight excluding hydrogens is 301 g/mol. The van der Waals surface area contributed by atoms with Gasteiger partial charge < -0.3 is 10.1 Å². The van der Waals surface area contributed by atoms with E-state index in [1.807, 2.05) is 18.2 Å². The highest BCUT2D eigenvalue weighted by Gasteiger charge is 2.35. The molecule has 0 radical (unpaired) electrons. The Labute approximate surface area is 123 Å². The van der Waals surface area contributed by atoms with Crippen LogP contribution in [0.25, 0.3) is 0 Å². The maximum Gasteiger partial charge on any atom is 0.443 e. The van der Waals surface area contributed by atoms with Crippen molar-refractivity contribution in [2.75, 3.05) is 13.7 Å². The van der Waals surface area contributed by atoms with Crippen LogP contribution >= 0.6 is 11.3 Å². The van der Waals surface area contributed by atoms with E-state index in [4.69, 9.17) is 4.74 Å². The molecule has 1 N–H and O–H groups in total. The number of fused-ring (bicyclic) bond motifs is 1. The van der Waals surface area contributed by atoms with E-state index in [1.54, 1.807) is 7.05 Å². The number of ether oxygens (including phenoxy) is 1. The standard InChI is InChI=1S/C14H13F3N2OS/c1-18-12(11-7-19-13(21-11)14(15,16)17)9-2-3-10-8(6-9)4-5-20-10/h2-3,6-7,12,18H,4-5H2,1H3. The molecule has 3 nitrogen and oxygen atoms in total. The summed E-state index contributed by atoms with van der Waals surface area (Å²) in [7, 11) is 1.72. The zero-order chi connectivity index (χ0) is 15.0. The van der Waals surface area contributed by atoms with Gasteiger partial charge in [-0.3, -0.25) is 0 Å². The molecule has 1 unspecified atom stereocenters. The van der Waals surface area contributed by atoms with Gasteiger partial charge in [0.2, 0.25) is 0 Å². The van der Waals surface area contributed by atoms with Gasteiger partial charge in [0.05, 0.1) is 12.6 Å². The summed E-state index contributed by atoms with van der Waals surface area (Å²) in [4.78, 5) is 4.03. The summed E-state index contributed by atoms with van der Waals surface area (Å²) in [5.41, 5.74) is 2.01. The Morgan fingerprint density at radius 2 is 2.19 bits per heavy atom. The molecule has 7 heteroatoms. The first-order chi connectivity index (χ1) is 9.99. The molecule has 0 spiro atoms. The molecule has 0 aliphatic carbocycles. The fraction of sp³-hybridized carbons (Fsp3) is 0.357. The van der Waals surface area contributed by atoms with E-state index in [9.17, 15) is 13.2 Å². The monoisotopic (exact) mass is 314 g/mol. The van der Waals surface area contributed by atoms with E-state index in [0.717, 1.165) is 23.3 Å². The molecule has 0 amide bonds. The largest absolute Gasteiger partial charge is 0.493 e. The number of halogens is 3. The van der Waals surface area contributed by atoms with Gasteiger partial charge in [-0.25, -0.2) is 4.98 Å². The van der Waals surface area contributed by atoms with E-state index in [1.165, 1.54) is 6.20 Å². The number of aromatic nitrogens is 1. The van der Waals surface area contributed by atoms with Crippen molar-refractivity contribution < 1.29 is 17.9 Å². The van der Waals surface area contributed by atoms with Crippen molar-refractivity contribution in [2.24, 2.45) is 0 Å². The minimum absolute atomic E-state index is 0.301. The second-order valence-corrected chi connectivity index (χ2v) is 5.82. The number of hydrogen-bond donors (Lipinski definition) is 1. The first-order valence-electron chi connectivity index (χ1n) is 6.45. The third kappa shape index (κ3) is 2.75. The van der Waals surface area contributed by atoms with Crippen LogP contribution in [0, 0.1) is 0 Å². The van der Waals surface area contributed by atoms with E-state index >= 15 is 0 Å². The smallest absolute Gasteiger partial charge is 0.443 e. The lowest BCUT2D eigenvalue weighted by Gasteiger charge is -2.15. The summed E-state index contributed by atoms with van der Waals surface area (Å²) in [5.74, 6) is 0.855. The van der Waals surface area contributed by atoms with Crippen LogP contribution in [-0.2, 0) is 12.6 Å². The summed E-state index contributed by atoms with van der Waals surface area (Å²) in [6, 6.07) is 5.42. The predicted molar refractivity (Wildman–Crippen MR) is 73.7 cm³/mol. The van der Waals surface area contributed by atoms with Gasteiger partial charge in [0.15, 0.2) is 5.01 Å². The maximum absolute atomic E-state index is 12.7. The van der Waals surface area contributed by atoms with Crippen molar-refractivity contribution in [3.63, 3.8) is 0 Å². The Morgan fingerprint density at radius 3 is 2.86 bits per heavy atom. The quantitative estimate of drug-likeness (QED) is 0.943. The second-order valence-electron chi connectivity index (χ2n) is 4.75. The summed E-state index contributed by atoms with van der Waals surface area (Å²) in [5, 5.41) is 2.24. The van der Waals surface area contributed by atoms with Gasteiger partial charge in [-0.2, -0.15) is 13.2 Å². The lowest BCUT2D eigenvalue weighted by atomic mass is 10.0. The van der Waals surface area contributed by atoms with Crippen LogP contribution in [0.2, 0.25) is 0 Å². The Kier molecular flexibility index (Phi) is 3.62. The van der Waals surface area contributed by atoms with E-state index < -0.39 is 11.2 Å². The molecular formula is C14H13F3N2OS. The number of alkyl halides is 3. The van der Waals surface area contributed by atoms with Gasteiger partial charge in [0.25, 0.3) is 0 Å². The molecule has 0 saturated carbocycles. The van der Waals surface area contributed by atoms with Gasteiger partial charge in [0.1, 0.15) is 5.75 Å². The van der Waals surface area contributed by atoms with Gasteiger partial charge in [0, 0.05) is 17.5 Å². The fourth-order valence-electron chi connectivity index (χ4n) is 2.41. The molecule has 112 valence electrons. The Balaban J connectivity index is 1.93. The SMILES string of the molecule is CNC(c1ccc2c(c1)CCO2)c1cnc(C(F)(F)F)s1. The predicted octanol–water partition coefficient (Wildman–Crippen LogP) is 3.41. The lowest BCUT2D eigenvalue weighted by Crippen LogP contribution is -2.16. The zero-order valence-electron chi connectivity index (χ0n) is 11.2. The number of thiazole rings is 1. The third-order valence-electron chi connectivity index (χ3n) is 3.39. The van der Waals surface area contributed by atoms with Crippen molar-refractivity contribution >= 4 is 11.3 Å². The minimum atomic E-state index is -4.40. The summed E-state index contributed by atoms with van der Waals surface area (Å²) < 4.78 is 43.4. The van der Waals surface area contributed by atoms with Crippen molar-refractivity contribution in [3.05, 3.63) is 45.4 Å². The third-order valence-corrected chi connectivity index (χ3v) is 4.49. The average Bonchev–Trinajstić information content (AvgIpc) is 3.06. The number of benzene rings is 1. The Bertz CT molecular complexity index is 654. The second kappa shape index (κ2) is 5.31. The minimum Gasteiger partial charge on any atom is -0.493 e. The number of rotatable bonds is 3. The molecule has 1 aromatic heterocycles. The normalized spacial score (nSPS) is 15.6. The maximum atomic E-state index is 12.7. The van der Waals surface area contributed by atoms with E-state index in [2.05, 4.69) is 10.3 Å². The van der Waals surface area contributed by atoms with Crippen molar-refractivity contribution in [1.29, 1.82) is 0 Å². The molecule has 0 saturated heterocycles. The first-order valence-corrected chi connectivity index (χ1v) is 7.26. The number of nitrogens with zero attached hydrogens (tertiary/aromatic N) is 1. The highest BCUT2D eigenvalue weighted by molar-refractivity contribution is 7.11. The van der Waals surface area contributed by atoms with Gasteiger partial charge in [-0.15, -0.1) is 11.3 Å². The van der Waals surface area contributed by atoms with Crippen LogP contribution < -0.4 is 10.1 Å².